The number of hydrazine groups is 1. The molecule has 2 nitrogen and oxygen atoms in total. The standard InChI is InChI=1S/C14H12F4N2/c1-7-5-6-10(17)12(13(7)18)14(20-19)11-8(15)3-2-4-9(11)16/h2-6,14,20H,19H2,1H3. The Balaban J connectivity index is 2.68. The van der Waals surface area contributed by atoms with Gasteiger partial charge in [0.2, 0.25) is 0 Å². The topological polar surface area (TPSA) is 38.0 Å². The first-order valence-electron chi connectivity index (χ1n) is 5.82. The number of rotatable bonds is 3. The smallest absolute Gasteiger partial charge is 0.134 e. The Hall–Kier alpha value is -1.92. The molecule has 0 radical (unpaired) electrons. The lowest BCUT2D eigenvalue weighted by Gasteiger charge is -2.20. The van der Waals surface area contributed by atoms with Gasteiger partial charge in [-0.25, -0.2) is 23.0 Å². The maximum absolute atomic E-state index is 14.1. The highest BCUT2D eigenvalue weighted by molar-refractivity contribution is 5.37. The van der Waals surface area contributed by atoms with Crippen LogP contribution in [0.3, 0.4) is 0 Å². The van der Waals surface area contributed by atoms with Gasteiger partial charge in [-0.2, -0.15) is 0 Å². The van der Waals surface area contributed by atoms with Crippen molar-refractivity contribution in [2.24, 2.45) is 5.84 Å². The number of nitrogens with two attached hydrogens (primary N) is 1. The number of benzene rings is 2. The summed E-state index contributed by atoms with van der Waals surface area (Å²) >= 11 is 0. The van der Waals surface area contributed by atoms with Crippen molar-refractivity contribution < 1.29 is 17.6 Å². The van der Waals surface area contributed by atoms with Crippen molar-refractivity contribution in [2.75, 3.05) is 0 Å². The fourth-order valence-electron chi connectivity index (χ4n) is 2.04. The van der Waals surface area contributed by atoms with Gasteiger partial charge in [0.15, 0.2) is 0 Å². The average Bonchev–Trinajstić information content (AvgIpc) is 2.41. The summed E-state index contributed by atoms with van der Waals surface area (Å²) in [7, 11) is 0. The molecule has 0 amide bonds. The molecule has 2 rings (SSSR count). The molecule has 1 unspecified atom stereocenters. The Morgan fingerprint density at radius 1 is 0.900 bits per heavy atom. The van der Waals surface area contributed by atoms with Crippen LogP contribution in [-0.4, -0.2) is 0 Å². The van der Waals surface area contributed by atoms with Gasteiger partial charge in [0.1, 0.15) is 23.3 Å². The Labute approximate surface area is 113 Å². The highest BCUT2D eigenvalue weighted by Gasteiger charge is 2.27. The lowest BCUT2D eigenvalue weighted by atomic mass is 9.95. The summed E-state index contributed by atoms with van der Waals surface area (Å²) in [6.07, 6.45) is 0. The van der Waals surface area contributed by atoms with Crippen molar-refractivity contribution >= 4 is 0 Å². The molecule has 0 aliphatic carbocycles. The molecule has 0 aromatic heterocycles. The zero-order valence-electron chi connectivity index (χ0n) is 10.6. The van der Waals surface area contributed by atoms with Gasteiger partial charge < -0.3 is 0 Å². The monoisotopic (exact) mass is 284 g/mol. The Kier molecular flexibility index (Phi) is 4.06. The number of nitrogens with one attached hydrogen (secondary N) is 1. The van der Waals surface area contributed by atoms with Crippen LogP contribution in [0, 0.1) is 30.2 Å². The summed E-state index contributed by atoms with van der Waals surface area (Å²) in [6, 6.07) is 3.94. The van der Waals surface area contributed by atoms with Gasteiger partial charge in [-0.15, -0.1) is 0 Å². The first-order chi connectivity index (χ1) is 9.47. The molecular formula is C14H12F4N2. The maximum atomic E-state index is 14.1. The van der Waals surface area contributed by atoms with Gasteiger partial charge in [0.05, 0.1) is 6.04 Å². The highest BCUT2D eigenvalue weighted by atomic mass is 19.1. The van der Waals surface area contributed by atoms with E-state index in [1.54, 1.807) is 0 Å². The van der Waals surface area contributed by atoms with E-state index in [-0.39, 0.29) is 5.56 Å². The van der Waals surface area contributed by atoms with E-state index in [0.29, 0.717) is 0 Å². The van der Waals surface area contributed by atoms with Crippen molar-refractivity contribution in [1.82, 2.24) is 5.43 Å². The molecule has 0 fully saturated rings. The molecule has 3 N–H and O–H groups in total. The van der Waals surface area contributed by atoms with E-state index in [1.165, 1.54) is 13.0 Å². The second kappa shape index (κ2) is 5.60. The molecule has 0 saturated heterocycles. The van der Waals surface area contributed by atoms with E-state index < -0.39 is 40.4 Å². The van der Waals surface area contributed by atoms with E-state index in [2.05, 4.69) is 5.43 Å². The van der Waals surface area contributed by atoms with Crippen LogP contribution >= 0.6 is 0 Å². The Bertz CT molecular complexity index is 623. The molecule has 0 spiro atoms. The first-order valence-corrected chi connectivity index (χ1v) is 5.82. The molecule has 2 aromatic carbocycles. The largest absolute Gasteiger partial charge is 0.271 e. The van der Waals surface area contributed by atoms with Crippen molar-refractivity contribution in [1.29, 1.82) is 0 Å². The zero-order chi connectivity index (χ0) is 14.9. The molecule has 106 valence electrons. The number of hydrogen-bond acceptors (Lipinski definition) is 2. The van der Waals surface area contributed by atoms with Crippen LogP contribution in [0.5, 0.6) is 0 Å². The van der Waals surface area contributed by atoms with Crippen LogP contribution in [0.2, 0.25) is 0 Å². The molecule has 20 heavy (non-hydrogen) atoms. The maximum Gasteiger partial charge on any atom is 0.134 e. The lowest BCUT2D eigenvalue weighted by molar-refractivity contribution is 0.471. The van der Waals surface area contributed by atoms with Crippen LogP contribution in [0.25, 0.3) is 0 Å². The fourth-order valence-corrected chi connectivity index (χ4v) is 2.04. The van der Waals surface area contributed by atoms with Gasteiger partial charge in [-0.1, -0.05) is 12.1 Å². The van der Waals surface area contributed by atoms with E-state index in [1.807, 2.05) is 0 Å². The molecule has 0 saturated carbocycles. The third-order valence-electron chi connectivity index (χ3n) is 3.06. The molecule has 1 atom stereocenters. The van der Waals surface area contributed by atoms with Crippen molar-refractivity contribution in [3.63, 3.8) is 0 Å². The van der Waals surface area contributed by atoms with E-state index in [9.17, 15) is 17.6 Å². The van der Waals surface area contributed by atoms with Gasteiger partial charge >= 0.3 is 0 Å². The number of halogens is 4. The second-order valence-electron chi connectivity index (χ2n) is 4.33. The predicted molar refractivity (Wildman–Crippen MR) is 66.6 cm³/mol. The average molecular weight is 284 g/mol. The predicted octanol–water partition coefficient (Wildman–Crippen LogP) is 3.10. The lowest BCUT2D eigenvalue weighted by Crippen LogP contribution is -2.32. The van der Waals surface area contributed by atoms with E-state index in [4.69, 9.17) is 5.84 Å². The van der Waals surface area contributed by atoms with Gasteiger partial charge in [0.25, 0.3) is 0 Å². The SMILES string of the molecule is Cc1ccc(F)c(C(NN)c2c(F)cccc2F)c1F. The van der Waals surface area contributed by atoms with Gasteiger partial charge in [0, 0.05) is 11.1 Å². The van der Waals surface area contributed by atoms with Gasteiger partial charge in [-0.3, -0.25) is 5.84 Å². The minimum atomic E-state index is -1.46. The number of aryl methyl sites for hydroxylation is 1. The summed E-state index contributed by atoms with van der Waals surface area (Å²) in [5.74, 6) is 1.55. The quantitative estimate of drug-likeness (QED) is 0.516. The number of hydrogen-bond donors (Lipinski definition) is 2. The third kappa shape index (κ3) is 2.39. The second-order valence-corrected chi connectivity index (χ2v) is 4.33. The van der Waals surface area contributed by atoms with Crippen LogP contribution < -0.4 is 11.3 Å². The zero-order valence-corrected chi connectivity index (χ0v) is 10.6. The Morgan fingerprint density at radius 2 is 1.45 bits per heavy atom. The van der Waals surface area contributed by atoms with Crippen molar-refractivity contribution in [3.8, 4) is 0 Å². The molecule has 0 aliphatic rings. The van der Waals surface area contributed by atoms with Crippen LogP contribution in [-0.2, 0) is 0 Å². The molecule has 0 heterocycles. The molecule has 0 aliphatic heterocycles. The van der Waals surface area contributed by atoms with Gasteiger partial charge in [-0.05, 0) is 30.7 Å². The van der Waals surface area contributed by atoms with Crippen LogP contribution in [0.15, 0.2) is 30.3 Å². The molecular weight excluding hydrogens is 272 g/mol. The minimum absolute atomic E-state index is 0.151. The van der Waals surface area contributed by atoms with Crippen LogP contribution in [0.1, 0.15) is 22.7 Å². The summed E-state index contributed by atoms with van der Waals surface area (Å²) in [5, 5.41) is 0. The first kappa shape index (κ1) is 14.5. The summed E-state index contributed by atoms with van der Waals surface area (Å²) in [6.45, 7) is 1.42. The van der Waals surface area contributed by atoms with Crippen LogP contribution in [0.4, 0.5) is 17.6 Å². The Morgan fingerprint density at radius 3 is 2.00 bits per heavy atom. The van der Waals surface area contributed by atoms with Crippen molar-refractivity contribution in [3.05, 3.63) is 70.3 Å². The van der Waals surface area contributed by atoms with E-state index in [0.717, 1.165) is 24.3 Å². The summed E-state index contributed by atoms with van der Waals surface area (Å²) < 4.78 is 55.4. The minimum Gasteiger partial charge on any atom is -0.271 e. The normalized spacial score (nSPS) is 12.5. The van der Waals surface area contributed by atoms with E-state index >= 15 is 0 Å². The molecule has 2 aromatic rings. The fraction of sp³-hybridized carbons (Fsp3) is 0.143. The summed E-state index contributed by atoms with van der Waals surface area (Å²) in [5.41, 5.74) is 1.17. The third-order valence-corrected chi connectivity index (χ3v) is 3.06. The molecule has 0 bridgehead atoms. The summed E-state index contributed by atoms with van der Waals surface area (Å²) in [4.78, 5) is 0. The molecule has 6 heteroatoms. The van der Waals surface area contributed by atoms with Crippen molar-refractivity contribution in [2.45, 2.75) is 13.0 Å². The highest BCUT2D eigenvalue weighted by Crippen LogP contribution is 2.31.